The summed E-state index contributed by atoms with van der Waals surface area (Å²) in [5.41, 5.74) is 0.559. The van der Waals surface area contributed by atoms with E-state index in [9.17, 15) is 14.7 Å². The van der Waals surface area contributed by atoms with Crippen molar-refractivity contribution in [2.75, 3.05) is 13.7 Å². The van der Waals surface area contributed by atoms with E-state index in [0.29, 0.717) is 0 Å². The number of hydrogen-bond donors (Lipinski definition) is 2. The third kappa shape index (κ3) is 5.93. The number of benzene rings is 4. The second-order valence-electron chi connectivity index (χ2n) is 10.4. The number of aromatic amines is 1. The zero-order chi connectivity index (χ0) is 30.5. The van der Waals surface area contributed by atoms with Crippen LogP contribution in [0.25, 0.3) is 0 Å². The van der Waals surface area contributed by atoms with E-state index < -0.39 is 35.3 Å². The number of aliphatic hydroxyl groups excluding tert-OH is 1. The van der Waals surface area contributed by atoms with Gasteiger partial charge in [0.25, 0.3) is 0 Å². The van der Waals surface area contributed by atoms with E-state index in [1.807, 2.05) is 115 Å². The van der Waals surface area contributed by atoms with Gasteiger partial charge >= 0.3 is 262 Å². The van der Waals surface area contributed by atoms with Crippen LogP contribution >= 0.6 is 0 Å². The molecular formula is C35H32N2O6Se. The molecule has 5 aromatic rings. The van der Waals surface area contributed by atoms with Gasteiger partial charge in [0, 0.05) is 0 Å². The first-order valence-corrected chi connectivity index (χ1v) is 16.1. The van der Waals surface area contributed by atoms with Gasteiger partial charge in [-0.25, -0.2) is 0 Å². The number of nitrogens with zero attached hydrogens (tertiary/aromatic N) is 1. The molecule has 1 aliphatic heterocycles. The predicted octanol–water partition coefficient (Wildman–Crippen LogP) is 3.63. The molecule has 0 saturated carbocycles. The fourth-order valence-electron chi connectivity index (χ4n) is 5.64. The van der Waals surface area contributed by atoms with Crippen LogP contribution in [0.15, 0.2) is 137 Å². The quantitative estimate of drug-likeness (QED) is 0.176. The van der Waals surface area contributed by atoms with Crippen molar-refractivity contribution in [1.82, 2.24) is 9.55 Å². The first-order valence-electron chi connectivity index (χ1n) is 14.3. The Kier molecular flexibility index (Phi) is 8.93. The Bertz CT molecular complexity index is 1740. The van der Waals surface area contributed by atoms with Crippen molar-refractivity contribution < 1.29 is 19.3 Å². The standard InChI is InChI=1S/C35H32N2O6Se/c1-41-27-19-17-26(18-20-27)35(24-11-5-2-6-12-24,25-13-7-3-8-14-25)42-23-29-32(44-28-15-9-4-10-16-28)31(39)33(43-29)37-22-21-30(38)36-34(37)40/h2-22,29,31-33,39H,23H2,1H3,(H,36,38,40)/t29-,31+,32-,33-/m1/s1. The number of ether oxygens (including phenoxy) is 3. The Labute approximate surface area is 261 Å². The van der Waals surface area contributed by atoms with Gasteiger partial charge in [0.1, 0.15) is 0 Å². The molecule has 1 aromatic heterocycles. The van der Waals surface area contributed by atoms with Crippen LogP contribution in [0.5, 0.6) is 5.75 Å². The number of aliphatic hydroxyl groups is 1. The molecule has 4 atom stereocenters. The van der Waals surface area contributed by atoms with E-state index in [1.54, 1.807) is 7.11 Å². The van der Waals surface area contributed by atoms with Gasteiger partial charge in [-0.05, 0) is 0 Å². The first kappa shape index (κ1) is 29.8. The molecule has 44 heavy (non-hydrogen) atoms. The zero-order valence-corrected chi connectivity index (χ0v) is 25.7. The summed E-state index contributed by atoms with van der Waals surface area (Å²) in [6.07, 6.45) is -1.22. The maximum absolute atomic E-state index is 12.7. The normalized spacial score (nSPS) is 20.0. The Balaban J connectivity index is 1.42. The van der Waals surface area contributed by atoms with Crippen molar-refractivity contribution in [2.24, 2.45) is 0 Å². The number of methoxy groups -OCH3 is 1. The molecular weight excluding hydrogens is 623 g/mol. The van der Waals surface area contributed by atoms with Crippen molar-refractivity contribution in [3.63, 3.8) is 0 Å². The van der Waals surface area contributed by atoms with E-state index in [4.69, 9.17) is 14.2 Å². The summed E-state index contributed by atoms with van der Waals surface area (Å²) in [6.45, 7) is 0.112. The van der Waals surface area contributed by atoms with Crippen LogP contribution in [0.4, 0.5) is 0 Å². The molecule has 224 valence electrons. The molecule has 0 amide bonds. The van der Waals surface area contributed by atoms with Crippen LogP contribution < -0.4 is 20.4 Å². The van der Waals surface area contributed by atoms with E-state index >= 15 is 0 Å². The van der Waals surface area contributed by atoms with Crippen molar-refractivity contribution in [1.29, 1.82) is 0 Å². The fourth-order valence-corrected chi connectivity index (χ4v) is 8.15. The van der Waals surface area contributed by atoms with Gasteiger partial charge in [-0.1, -0.05) is 0 Å². The molecule has 0 spiro atoms. The van der Waals surface area contributed by atoms with Crippen LogP contribution in [-0.4, -0.2) is 55.5 Å². The predicted molar refractivity (Wildman–Crippen MR) is 169 cm³/mol. The average molecular weight is 656 g/mol. The van der Waals surface area contributed by atoms with E-state index in [2.05, 4.69) is 4.98 Å². The summed E-state index contributed by atoms with van der Waals surface area (Å²) < 4.78 is 21.3. The first-order chi connectivity index (χ1) is 21.5. The summed E-state index contributed by atoms with van der Waals surface area (Å²) in [6, 6.07) is 39.0. The van der Waals surface area contributed by atoms with Crippen LogP contribution in [0.1, 0.15) is 22.9 Å². The molecule has 9 heteroatoms. The maximum atomic E-state index is 12.7. The van der Waals surface area contributed by atoms with Crippen molar-refractivity contribution >= 4 is 19.4 Å². The van der Waals surface area contributed by atoms with Gasteiger partial charge in [-0.2, -0.15) is 0 Å². The molecule has 1 saturated heterocycles. The summed E-state index contributed by atoms with van der Waals surface area (Å²) in [4.78, 5) is 26.4. The van der Waals surface area contributed by atoms with Gasteiger partial charge in [-0.15, -0.1) is 0 Å². The Morgan fingerprint density at radius 1 is 0.818 bits per heavy atom. The molecule has 2 N–H and O–H groups in total. The molecule has 4 aromatic carbocycles. The van der Waals surface area contributed by atoms with Crippen molar-refractivity contribution in [3.05, 3.63) is 165 Å². The van der Waals surface area contributed by atoms with Crippen LogP contribution in [0, 0.1) is 0 Å². The van der Waals surface area contributed by atoms with Crippen LogP contribution in [-0.2, 0) is 15.1 Å². The Hall–Kier alpha value is -4.24. The van der Waals surface area contributed by atoms with Gasteiger partial charge in [-0.3, -0.25) is 0 Å². The number of aromatic nitrogens is 2. The number of H-pyrrole nitrogens is 1. The summed E-state index contributed by atoms with van der Waals surface area (Å²) in [5, 5.41) is 11.6. The van der Waals surface area contributed by atoms with Gasteiger partial charge in [0.2, 0.25) is 0 Å². The molecule has 8 nitrogen and oxygen atoms in total. The molecule has 1 fully saturated rings. The zero-order valence-electron chi connectivity index (χ0n) is 24.0. The number of rotatable bonds is 10. The average Bonchev–Trinajstić information content (AvgIpc) is 3.37. The monoisotopic (exact) mass is 656 g/mol. The van der Waals surface area contributed by atoms with Crippen molar-refractivity contribution in [2.45, 2.75) is 28.9 Å². The van der Waals surface area contributed by atoms with Crippen LogP contribution in [0.2, 0.25) is 4.82 Å². The van der Waals surface area contributed by atoms with E-state index in [0.717, 1.165) is 26.9 Å². The SMILES string of the molecule is COc1ccc(C(OC[C@H]2O[C@@H](n3ccc(=O)[nH]c3=O)[C@@H](O)[C@@H]2[Se]c2ccccc2)(c2ccccc2)c2ccccc2)cc1. The van der Waals surface area contributed by atoms with E-state index in [1.165, 1.54) is 16.8 Å². The third-order valence-corrected chi connectivity index (χ3v) is 10.7. The fraction of sp³-hybridized carbons (Fsp3) is 0.200. The molecule has 0 aliphatic carbocycles. The topological polar surface area (TPSA) is 103 Å². The van der Waals surface area contributed by atoms with Crippen molar-refractivity contribution in [3.8, 4) is 5.75 Å². The Morgan fingerprint density at radius 2 is 1.39 bits per heavy atom. The minimum absolute atomic E-state index is 0.112. The van der Waals surface area contributed by atoms with E-state index in [-0.39, 0.29) is 26.4 Å². The Morgan fingerprint density at radius 3 is 1.95 bits per heavy atom. The van der Waals surface area contributed by atoms with Crippen LogP contribution in [0.3, 0.4) is 0 Å². The summed E-state index contributed by atoms with van der Waals surface area (Å²) in [5.74, 6) is 0.728. The minimum atomic E-state index is -1.03. The molecule has 2 heterocycles. The molecule has 6 rings (SSSR count). The van der Waals surface area contributed by atoms with Gasteiger partial charge < -0.3 is 0 Å². The third-order valence-electron chi connectivity index (χ3n) is 7.77. The molecule has 0 bridgehead atoms. The second kappa shape index (κ2) is 13.2. The second-order valence-corrected chi connectivity index (χ2v) is 13.0. The van der Waals surface area contributed by atoms with Gasteiger partial charge in [0.05, 0.1) is 0 Å². The molecule has 1 aliphatic rings. The summed E-state index contributed by atoms with van der Waals surface area (Å²) >= 11 is -0.225. The number of nitrogens with one attached hydrogen (secondary N) is 1. The number of hydrogen-bond acceptors (Lipinski definition) is 6. The van der Waals surface area contributed by atoms with Gasteiger partial charge in [0.15, 0.2) is 0 Å². The molecule has 0 radical (unpaired) electrons. The molecule has 0 unspecified atom stereocenters. The summed E-state index contributed by atoms with van der Waals surface area (Å²) in [7, 11) is 1.63.